The molecule has 2 atom stereocenters. The molecule has 108 valence electrons. The van der Waals surface area contributed by atoms with Gasteiger partial charge in [-0.15, -0.1) is 11.3 Å². The van der Waals surface area contributed by atoms with Gasteiger partial charge in [0.1, 0.15) is 6.10 Å². The second kappa shape index (κ2) is 8.72. The van der Waals surface area contributed by atoms with E-state index in [0.29, 0.717) is 21.7 Å². The quantitative estimate of drug-likeness (QED) is 0.586. The molecule has 0 radical (unpaired) electrons. The Morgan fingerprint density at radius 1 is 1.42 bits per heavy atom. The highest BCUT2D eigenvalue weighted by Gasteiger charge is 2.19. The monoisotopic (exact) mass is 302 g/mol. The van der Waals surface area contributed by atoms with Gasteiger partial charge in [-0.2, -0.15) is 0 Å². The van der Waals surface area contributed by atoms with Crippen LogP contribution < -0.4 is 0 Å². The van der Waals surface area contributed by atoms with Crippen LogP contribution >= 0.6 is 22.9 Å². The van der Waals surface area contributed by atoms with Crippen LogP contribution in [0.3, 0.4) is 0 Å². The number of hydrogen-bond acceptors (Lipinski definition) is 3. The number of unbranched alkanes of at least 4 members (excludes halogenated alkanes) is 1. The average molecular weight is 303 g/mol. The lowest BCUT2D eigenvalue weighted by Gasteiger charge is -2.17. The van der Waals surface area contributed by atoms with E-state index in [0.717, 1.165) is 6.42 Å². The van der Waals surface area contributed by atoms with E-state index in [4.69, 9.17) is 16.3 Å². The average Bonchev–Trinajstić information content (AvgIpc) is 2.84. The molecule has 1 heterocycles. The minimum Gasteiger partial charge on any atom is -0.370 e. The molecule has 0 saturated heterocycles. The number of thiophene rings is 1. The number of rotatable bonds is 9. The molecule has 0 aliphatic heterocycles. The third-order valence-corrected chi connectivity index (χ3v) is 4.56. The van der Waals surface area contributed by atoms with E-state index in [2.05, 4.69) is 13.8 Å². The molecular weight excluding hydrogens is 280 g/mol. The maximum Gasteiger partial charge on any atom is 0.201 e. The molecular formula is C15H23ClO2S. The van der Waals surface area contributed by atoms with Gasteiger partial charge in [-0.1, -0.05) is 44.7 Å². The number of ketones is 1. The normalized spacial score (nSPS) is 14.3. The predicted octanol–water partition coefficient (Wildman–Crippen LogP) is 5.21. The first-order valence-electron chi connectivity index (χ1n) is 6.99. The molecule has 0 aliphatic rings. The van der Waals surface area contributed by atoms with Crippen LogP contribution in [0.25, 0.3) is 0 Å². The van der Waals surface area contributed by atoms with Crippen LogP contribution in [0.4, 0.5) is 0 Å². The van der Waals surface area contributed by atoms with E-state index in [-0.39, 0.29) is 11.9 Å². The topological polar surface area (TPSA) is 26.3 Å². The smallest absolute Gasteiger partial charge is 0.201 e. The molecule has 0 amide bonds. The van der Waals surface area contributed by atoms with E-state index in [1.54, 1.807) is 12.1 Å². The molecule has 0 bridgehead atoms. The number of carbonyl (C=O) groups excluding carboxylic acids is 1. The lowest BCUT2D eigenvalue weighted by Crippen LogP contribution is -2.23. The molecule has 0 spiro atoms. The number of hydrogen-bond donors (Lipinski definition) is 0. The van der Waals surface area contributed by atoms with Crippen LogP contribution in [0, 0.1) is 5.92 Å². The molecule has 1 aromatic rings. The van der Waals surface area contributed by atoms with Crippen LogP contribution in [0.15, 0.2) is 12.1 Å². The fraction of sp³-hybridized carbons (Fsp3) is 0.667. The van der Waals surface area contributed by atoms with Crippen molar-refractivity contribution in [2.75, 3.05) is 6.61 Å². The molecule has 4 heteroatoms. The maximum absolute atomic E-state index is 12.1. The van der Waals surface area contributed by atoms with Crippen molar-refractivity contribution in [3.05, 3.63) is 21.3 Å². The summed E-state index contributed by atoms with van der Waals surface area (Å²) in [6.45, 7) is 6.86. The van der Waals surface area contributed by atoms with Gasteiger partial charge in [0.05, 0.1) is 15.8 Å². The van der Waals surface area contributed by atoms with E-state index in [9.17, 15) is 4.79 Å². The van der Waals surface area contributed by atoms with Gasteiger partial charge in [0.15, 0.2) is 0 Å². The highest BCUT2D eigenvalue weighted by atomic mass is 35.5. The van der Waals surface area contributed by atoms with Gasteiger partial charge < -0.3 is 4.74 Å². The molecule has 1 rings (SSSR count). The van der Waals surface area contributed by atoms with Crippen molar-refractivity contribution in [3.63, 3.8) is 0 Å². The largest absolute Gasteiger partial charge is 0.370 e. The summed E-state index contributed by atoms with van der Waals surface area (Å²) in [4.78, 5) is 12.8. The third-order valence-electron chi connectivity index (χ3n) is 3.31. The SMILES string of the molecule is CCCCC(CC)COC(C)C(=O)c1ccc(Cl)s1. The second-order valence-corrected chi connectivity index (χ2v) is 6.58. The van der Waals surface area contributed by atoms with E-state index >= 15 is 0 Å². The Morgan fingerprint density at radius 2 is 2.16 bits per heavy atom. The van der Waals surface area contributed by atoms with Crippen molar-refractivity contribution in [2.45, 2.75) is 52.6 Å². The summed E-state index contributed by atoms with van der Waals surface area (Å²) < 4.78 is 6.38. The molecule has 19 heavy (non-hydrogen) atoms. The highest BCUT2D eigenvalue weighted by molar-refractivity contribution is 7.18. The standard InChI is InChI=1S/C15H23ClO2S/c1-4-6-7-12(5-2)10-18-11(3)15(17)13-8-9-14(16)19-13/h8-9,11-12H,4-7,10H2,1-3H3. The minimum absolute atomic E-state index is 0.0299. The van der Waals surface area contributed by atoms with Crippen molar-refractivity contribution in [2.24, 2.45) is 5.92 Å². The third kappa shape index (κ3) is 5.64. The Bertz CT molecular complexity index is 389. The molecule has 2 unspecified atom stereocenters. The Hall–Kier alpha value is -0.380. The Kier molecular flexibility index (Phi) is 7.66. The predicted molar refractivity (Wildman–Crippen MR) is 82.4 cm³/mol. The fourth-order valence-electron chi connectivity index (χ4n) is 1.90. The zero-order valence-corrected chi connectivity index (χ0v) is 13.5. The minimum atomic E-state index is -0.384. The van der Waals surface area contributed by atoms with Crippen molar-refractivity contribution in [1.82, 2.24) is 0 Å². The Balaban J connectivity index is 2.41. The molecule has 0 saturated carbocycles. The first kappa shape index (κ1) is 16.7. The first-order valence-corrected chi connectivity index (χ1v) is 8.19. The molecule has 1 aromatic heterocycles. The zero-order valence-electron chi connectivity index (χ0n) is 11.9. The number of carbonyl (C=O) groups is 1. The summed E-state index contributed by atoms with van der Waals surface area (Å²) in [6, 6.07) is 3.52. The Labute approximate surface area is 125 Å². The van der Waals surface area contributed by atoms with Gasteiger partial charge in [0.25, 0.3) is 0 Å². The van der Waals surface area contributed by atoms with Crippen molar-refractivity contribution < 1.29 is 9.53 Å². The summed E-state index contributed by atoms with van der Waals surface area (Å²) >= 11 is 7.16. The van der Waals surface area contributed by atoms with Crippen LogP contribution in [-0.4, -0.2) is 18.5 Å². The van der Waals surface area contributed by atoms with Crippen molar-refractivity contribution >= 4 is 28.7 Å². The molecule has 0 aromatic carbocycles. The van der Waals surface area contributed by atoms with Crippen LogP contribution in [-0.2, 0) is 4.74 Å². The van der Waals surface area contributed by atoms with E-state index in [1.165, 1.54) is 30.6 Å². The first-order chi connectivity index (χ1) is 9.08. The summed E-state index contributed by atoms with van der Waals surface area (Å²) in [5, 5.41) is 0. The van der Waals surface area contributed by atoms with Crippen molar-refractivity contribution in [3.8, 4) is 0 Å². The lowest BCUT2D eigenvalue weighted by atomic mass is 10.0. The van der Waals surface area contributed by atoms with E-state index in [1.807, 2.05) is 6.92 Å². The van der Waals surface area contributed by atoms with Gasteiger partial charge in [-0.3, -0.25) is 4.79 Å². The number of halogens is 1. The summed E-state index contributed by atoms with van der Waals surface area (Å²) in [5.41, 5.74) is 0. The number of Topliss-reactive ketones (excluding diaryl/α,β-unsaturated/α-hetero) is 1. The van der Waals surface area contributed by atoms with Gasteiger partial charge in [-0.25, -0.2) is 0 Å². The van der Waals surface area contributed by atoms with Gasteiger partial charge in [-0.05, 0) is 31.4 Å². The molecule has 0 aliphatic carbocycles. The number of ether oxygens (including phenoxy) is 1. The molecule has 0 fully saturated rings. The zero-order chi connectivity index (χ0) is 14.3. The van der Waals surface area contributed by atoms with Crippen LogP contribution in [0.2, 0.25) is 4.34 Å². The second-order valence-electron chi connectivity index (χ2n) is 4.86. The maximum atomic E-state index is 12.1. The molecule has 2 nitrogen and oxygen atoms in total. The van der Waals surface area contributed by atoms with Gasteiger partial charge in [0.2, 0.25) is 5.78 Å². The Morgan fingerprint density at radius 3 is 2.68 bits per heavy atom. The fourth-order valence-corrected chi connectivity index (χ4v) is 2.96. The lowest BCUT2D eigenvalue weighted by molar-refractivity contribution is 0.0324. The summed E-state index contributed by atoms with van der Waals surface area (Å²) in [7, 11) is 0. The van der Waals surface area contributed by atoms with Gasteiger partial charge in [0, 0.05) is 0 Å². The highest BCUT2D eigenvalue weighted by Crippen LogP contribution is 2.23. The van der Waals surface area contributed by atoms with Crippen LogP contribution in [0.1, 0.15) is 56.1 Å². The summed E-state index contributed by atoms with van der Waals surface area (Å²) in [5.74, 6) is 0.587. The van der Waals surface area contributed by atoms with Crippen LogP contribution in [0.5, 0.6) is 0 Å². The summed E-state index contributed by atoms with van der Waals surface area (Å²) in [6.07, 6.45) is 4.33. The van der Waals surface area contributed by atoms with E-state index < -0.39 is 0 Å². The van der Waals surface area contributed by atoms with Crippen molar-refractivity contribution in [1.29, 1.82) is 0 Å². The molecule has 0 N–H and O–H groups in total. The van der Waals surface area contributed by atoms with Gasteiger partial charge >= 0.3 is 0 Å².